The van der Waals surface area contributed by atoms with Gasteiger partial charge in [-0.1, -0.05) is 25.3 Å². The van der Waals surface area contributed by atoms with Gasteiger partial charge in [0.2, 0.25) is 5.91 Å². The number of halogens is 2. The molecule has 1 spiro atoms. The molecule has 2 heterocycles. The van der Waals surface area contributed by atoms with Gasteiger partial charge in [-0.05, 0) is 44.4 Å². The van der Waals surface area contributed by atoms with Gasteiger partial charge in [-0.2, -0.15) is 0 Å². The summed E-state index contributed by atoms with van der Waals surface area (Å²) in [6.07, 6.45) is 7.41. The Morgan fingerprint density at radius 1 is 1.22 bits per heavy atom. The second kappa shape index (κ2) is 6.40. The molecule has 1 saturated carbocycles. The van der Waals surface area contributed by atoms with Crippen LogP contribution >= 0.6 is 12.4 Å². The van der Waals surface area contributed by atoms with Crippen LogP contribution in [0.2, 0.25) is 0 Å². The Morgan fingerprint density at radius 3 is 2.70 bits per heavy atom. The molecule has 3 nitrogen and oxygen atoms in total. The molecular formula is C18H24ClFN2O. The molecule has 1 unspecified atom stereocenters. The lowest BCUT2D eigenvalue weighted by molar-refractivity contribution is -0.121. The van der Waals surface area contributed by atoms with E-state index in [1.54, 1.807) is 12.1 Å². The zero-order chi connectivity index (χ0) is 15.2. The van der Waals surface area contributed by atoms with E-state index in [-0.39, 0.29) is 35.6 Å². The molecule has 0 radical (unpaired) electrons. The quantitative estimate of drug-likeness (QED) is 0.849. The largest absolute Gasteiger partial charge is 0.310 e. The third-order valence-corrected chi connectivity index (χ3v) is 5.71. The highest BCUT2D eigenvalue weighted by Gasteiger charge is 2.48. The number of piperidine rings is 1. The molecule has 1 amide bonds. The fourth-order valence-electron chi connectivity index (χ4n) is 4.64. The molecule has 3 aliphatic rings. The summed E-state index contributed by atoms with van der Waals surface area (Å²) in [4.78, 5) is 14.8. The van der Waals surface area contributed by atoms with E-state index in [1.807, 2.05) is 11.0 Å². The van der Waals surface area contributed by atoms with Gasteiger partial charge in [0.25, 0.3) is 0 Å². The van der Waals surface area contributed by atoms with Crippen LogP contribution in [0.25, 0.3) is 0 Å². The summed E-state index contributed by atoms with van der Waals surface area (Å²) in [5.41, 5.74) is 1.49. The molecule has 0 aromatic heterocycles. The summed E-state index contributed by atoms with van der Waals surface area (Å²) in [5, 5.41) is 3.34. The molecule has 1 aliphatic carbocycles. The number of carbonyl (C=O) groups is 1. The molecule has 0 bridgehead atoms. The maximum absolute atomic E-state index is 14.5. The maximum atomic E-state index is 14.5. The van der Waals surface area contributed by atoms with Crippen LogP contribution in [0.1, 0.15) is 50.5 Å². The number of nitrogens with one attached hydrogen (secondary N) is 1. The predicted octanol–water partition coefficient (Wildman–Crippen LogP) is 3.55. The lowest BCUT2D eigenvalue weighted by atomic mass is 9.80. The van der Waals surface area contributed by atoms with Gasteiger partial charge in [-0.25, -0.2) is 4.39 Å². The minimum absolute atomic E-state index is 0. The lowest BCUT2D eigenvalue weighted by Gasteiger charge is -2.29. The highest BCUT2D eigenvalue weighted by atomic mass is 35.5. The third-order valence-electron chi connectivity index (χ3n) is 5.71. The van der Waals surface area contributed by atoms with Crippen molar-refractivity contribution in [3.63, 3.8) is 0 Å². The van der Waals surface area contributed by atoms with Crippen molar-refractivity contribution in [2.24, 2.45) is 0 Å². The van der Waals surface area contributed by atoms with Crippen molar-refractivity contribution in [2.45, 2.75) is 56.4 Å². The Balaban J connectivity index is 0.00000156. The van der Waals surface area contributed by atoms with E-state index in [9.17, 15) is 9.18 Å². The Bertz CT molecular complexity index is 595. The van der Waals surface area contributed by atoms with Gasteiger partial charge in [0.1, 0.15) is 5.82 Å². The number of anilines is 1. The standard InChI is InChI=1S/C18H23FN2O.ClH/c19-13-6-5-8-15-16(13)18(9-2-3-10-18)12-21(15)17(22)14-7-1-4-11-20-14;/h5-6,8,14,20H,1-4,7,9-12H2;1H. The lowest BCUT2D eigenvalue weighted by Crippen LogP contribution is -2.49. The molecule has 1 aromatic rings. The van der Waals surface area contributed by atoms with Gasteiger partial charge in [-0.15, -0.1) is 12.4 Å². The smallest absolute Gasteiger partial charge is 0.244 e. The SMILES string of the molecule is Cl.O=C(C1CCCCN1)N1CC2(CCCC2)c2c(F)cccc21. The minimum Gasteiger partial charge on any atom is -0.310 e. The van der Waals surface area contributed by atoms with Crippen LogP contribution < -0.4 is 10.2 Å². The number of fused-ring (bicyclic) bond motifs is 2. The van der Waals surface area contributed by atoms with Gasteiger partial charge in [0.15, 0.2) is 0 Å². The van der Waals surface area contributed by atoms with E-state index in [0.29, 0.717) is 6.54 Å². The fraction of sp³-hybridized carbons (Fsp3) is 0.611. The first-order valence-electron chi connectivity index (χ1n) is 8.55. The fourth-order valence-corrected chi connectivity index (χ4v) is 4.64. The molecule has 1 aromatic carbocycles. The zero-order valence-corrected chi connectivity index (χ0v) is 14.1. The number of rotatable bonds is 1. The van der Waals surface area contributed by atoms with E-state index in [1.165, 1.54) is 0 Å². The van der Waals surface area contributed by atoms with Crippen molar-refractivity contribution in [1.29, 1.82) is 0 Å². The Kier molecular flexibility index (Phi) is 4.65. The number of carbonyl (C=O) groups excluding carboxylic acids is 1. The average molecular weight is 339 g/mol. The highest BCUT2D eigenvalue weighted by Crippen LogP contribution is 2.51. The van der Waals surface area contributed by atoms with Gasteiger partial charge in [0, 0.05) is 17.5 Å². The van der Waals surface area contributed by atoms with Crippen molar-refractivity contribution in [3.8, 4) is 0 Å². The average Bonchev–Trinajstić information content (AvgIpc) is 3.15. The molecule has 4 rings (SSSR count). The highest BCUT2D eigenvalue weighted by molar-refractivity contribution is 5.99. The summed E-state index contributed by atoms with van der Waals surface area (Å²) in [5.74, 6) is 0.00151. The molecule has 2 aliphatic heterocycles. The Labute approximate surface area is 143 Å². The topological polar surface area (TPSA) is 32.3 Å². The second-order valence-electron chi connectivity index (χ2n) is 7.05. The first-order chi connectivity index (χ1) is 10.7. The maximum Gasteiger partial charge on any atom is 0.244 e. The summed E-state index contributed by atoms with van der Waals surface area (Å²) < 4.78 is 14.5. The first kappa shape index (κ1) is 16.7. The molecule has 1 saturated heterocycles. The van der Waals surface area contributed by atoms with Crippen molar-refractivity contribution < 1.29 is 9.18 Å². The van der Waals surface area contributed by atoms with E-state index >= 15 is 0 Å². The Morgan fingerprint density at radius 2 is 2.00 bits per heavy atom. The number of benzene rings is 1. The van der Waals surface area contributed by atoms with E-state index in [2.05, 4.69) is 5.32 Å². The van der Waals surface area contributed by atoms with Crippen LogP contribution in [0.3, 0.4) is 0 Å². The molecule has 1 N–H and O–H groups in total. The summed E-state index contributed by atoms with van der Waals surface area (Å²) in [7, 11) is 0. The van der Waals surface area contributed by atoms with E-state index in [4.69, 9.17) is 0 Å². The van der Waals surface area contributed by atoms with Gasteiger partial charge in [0.05, 0.1) is 11.7 Å². The summed E-state index contributed by atoms with van der Waals surface area (Å²) in [6, 6.07) is 5.11. The molecule has 126 valence electrons. The number of amides is 1. The Hall–Kier alpha value is -1.13. The van der Waals surface area contributed by atoms with Crippen LogP contribution in [0.4, 0.5) is 10.1 Å². The normalized spacial score (nSPS) is 25.3. The van der Waals surface area contributed by atoms with Gasteiger partial charge >= 0.3 is 0 Å². The van der Waals surface area contributed by atoms with Crippen molar-refractivity contribution in [2.75, 3.05) is 18.0 Å². The van der Waals surface area contributed by atoms with Crippen molar-refractivity contribution >= 4 is 24.0 Å². The van der Waals surface area contributed by atoms with E-state index < -0.39 is 0 Å². The van der Waals surface area contributed by atoms with Crippen LogP contribution in [0.15, 0.2) is 18.2 Å². The number of hydrogen-bond donors (Lipinski definition) is 1. The van der Waals surface area contributed by atoms with Crippen LogP contribution in [-0.4, -0.2) is 25.0 Å². The minimum atomic E-state index is -0.134. The summed E-state index contributed by atoms with van der Waals surface area (Å²) >= 11 is 0. The van der Waals surface area contributed by atoms with Crippen molar-refractivity contribution in [3.05, 3.63) is 29.6 Å². The van der Waals surface area contributed by atoms with Gasteiger partial charge in [-0.3, -0.25) is 4.79 Å². The molecular weight excluding hydrogens is 315 g/mol. The van der Waals surface area contributed by atoms with Crippen LogP contribution in [0.5, 0.6) is 0 Å². The monoisotopic (exact) mass is 338 g/mol. The van der Waals surface area contributed by atoms with E-state index in [0.717, 1.165) is 62.7 Å². The first-order valence-corrected chi connectivity index (χ1v) is 8.55. The predicted molar refractivity (Wildman–Crippen MR) is 91.8 cm³/mol. The molecule has 5 heteroatoms. The third kappa shape index (κ3) is 2.66. The molecule has 1 atom stereocenters. The zero-order valence-electron chi connectivity index (χ0n) is 13.3. The van der Waals surface area contributed by atoms with Crippen LogP contribution in [0, 0.1) is 5.82 Å². The number of hydrogen-bond acceptors (Lipinski definition) is 2. The second-order valence-corrected chi connectivity index (χ2v) is 7.05. The van der Waals surface area contributed by atoms with Gasteiger partial charge < -0.3 is 10.2 Å². The van der Waals surface area contributed by atoms with Crippen molar-refractivity contribution in [1.82, 2.24) is 5.32 Å². The molecule has 23 heavy (non-hydrogen) atoms. The van der Waals surface area contributed by atoms with Crippen LogP contribution in [-0.2, 0) is 10.2 Å². The molecule has 2 fully saturated rings. The summed E-state index contributed by atoms with van der Waals surface area (Å²) in [6.45, 7) is 1.58. The number of nitrogens with zero attached hydrogens (tertiary/aromatic N) is 1.